The number of aliphatic hydroxyl groups is 1. The van der Waals surface area contributed by atoms with Gasteiger partial charge in [0.2, 0.25) is 0 Å². The summed E-state index contributed by atoms with van der Waals surface area (Å²) in [5.74, 6) is 0.573. The molecule has 1 amide bonds. The highest BCUT2D eigenvalue weighted by Gasteiger charge is 2.41. The third kappa shape index (κ3) is 3.09. The maximum absolute atomic E-state index is 12.9. The molecule has 1 aliphatic carbocycles. The summed E-state index contributed by atoms with van der Waals surface area (Å²) in [6, 6.07) is 1.97. The van der Waals surface area contributed by atoms with Crippen LogP contribution in [0.4, 0.5) is 0 Å². The number of likely N-dealkylation sites (tertiary alicyclic amines) is 2. The van der Waals surface area contributed by atoms with E-state index in [1.54, 1.807) is 0 Å². The molecule has 2 saturated heterocycles. The van der Waals surface area contributed by atoms with Crippen molar-refractivity contribution in [1.82, 2.24) is 19.6 Å². The predicted molar refractivity (Wildman–Crippen MR) is 91.0 cm³/mol. The van der Waals surface area contributed by atoms with E-state index in [2.05, 4.69) is 10.00 Å². The van der Waals surface area contributed by atoms with Crippen molar-refractivity contribution in [3.05, 3.63) is 17.5 Å². The second-order valence-electron chi connectivity index (χ2n) is 7.73. The van der Waals surface area contributed by atoms with Crippen molar-refractivity contribution >= 4 is 5.91 Å². The first-order valence-corrected chi connectivity index (χ1v) is 9.40. The first kappa shape index (κ1) is 16.1. The molecule has 1 aromatic rings. The van der Waals surface area contributed by atoms with Crippen LogP contribution in [0, 0.1) is 0 Å². The molecule has 1 saturated carbocycles. The summed E-state index contributed by atoms with van der Waals surface area (Å²) in [4.78, 5) is 17.1. The molecule has 0 radical (unpaired) electrons. The zero-order valence-electron chi connectivity index (χ0n) is 14.6. The van der Waals surface area contributed by atoms with Crippen molar-refractivity contribution in [2.75, 3.05) is 32.7 Å². The van der Waals surface area contributed by atoms with E-state index in [0.29, 0.717) is 44.2 Å². The molecule has 0 spiro atoms. The van der Waals surface area contributed by atoms with Crippen molar-refractivity contribution in [3.8, 4) is 0 Å². The van der Waals surface area contributed by atoms with Gasteiger partial charge in [0.15, 0.2) is 0 Å². The van der Waals surface area contributed by atoms with E-state index >= 15 is 0 Å². The van der Waals surface area contributed by atoms with Gasteiger partial charge in [-0.25, -0.2) is 0 Å². The lowest BCUT2D eigenvalue weighted by atomic mass is 10.0. The van der Waals surface area contributed by atoms with E-state index in [9.17, 15) is 9.90 Å². The summed E-state index contributed by atoms with van der Waals surface area (Å²) in [6.45, 7) is 6.64. The highest BCUT2D eigenvalue weighted by molar-refractivity contribution is 5.93. The molecule has 0 aromatic carbocycles. The third-order valence-corrected chi connectivity index (χ3v) is 5.65. The number of β-amino-alcohol motifs (C(OH)–C–C–N with tert-alkyl or cyclic N) is 1. The predicted octanol–water partition coefficient (Wildman–Crippen LogP) is 1.45. The molecule has 1 atom stereocenters. The Hall–Kier alpha value is -1.40. The van der Waals surface area contributed by atoms with Gasteiger partial charge in [0.25, 0.3) is 5.91 Å². The summed E-state index contributed by atoms with van der Waals surface area (Å²) < 4.78 is 1.83. The first-order valence-electron chi connectivity index (χ1n) is 9.40. The zero-order valence-corrected chi connectivity index (χ0v) is 14.6. The smallest absolute Gasteiger partial charge is 0.272 e. The molecule has 1 N–H and O–H groups in total. The van der Waals surface area contributed by atoms with E-state index in [1.165, 1.54) is 25.7 Å². The number of carbonyl (C=O) groups is 1. The van der Waals surface area contributed by atoms with Gasteiger partial charge in [0, 0.05) is 25.6 Å². The monoisotopic (exact) mass is 332 g/mol. The van der Waals surface area contributed by atoms with Crippen LogP contribution in [0.1, 0.15) is 61.1 Å². The highest BCUT2D eigenvalue weighted by Crippen LogP contribution is 2.39. The lowest BCUT2D eigenvalue weighted by molar-refractivity contribution is 0.0174. The Bertz CT molecular complexity index is 619. The van der Waals surface area contributed by atoms with Gasteiger partial charge in [-0.15, -0.1) is 0 Å². The Morgan fingerprint density at radius 1 is 1.33 bits per heavy atom. The number of hydrogen-bond donors (Lipinski definition) is 1. The molecule has 132 valence electrons. The molecule has 4 rings (SSSR count). The molecule has 6 nitrogen and oxygen atoms in total. The van der Waals surface area contributed by atoms with Crippen molar-refractivity contribution < 1.29 is 9.90 Å². The maximum Gasteiger partial charge on any atom is 0.272 e. The van der Waals surface area contributed by atoms with Crippen LogP contribution in [0.5, 0.6) is 0 Å². The number of amides is 1. The van der Waals surface area contributed by atoms with Gasteiger partial charge < -0.3 is 14.9 Å². The molecule has 1 aromatic heterocycles. The lowest BCUT2D eigenvalue weighted by Crippen LogP contribution is -2.45. The summed E-state index contributed by atoms with van der Waals surface area (Å²) in [7, 11) is 0. The van der Waals surface area contributed by atoms with E-state index in [-0.39, 0.29) is 5.91 Å². The van der Waals surface area contributed by atoms with Crippen LogP contribution in [0.3, 0.4) is 0 Å². The normalized spacial score (nSPS) is 28.0. The average molecular weight is 332 g/mol. The van der Waals surface area contributed by atoms with Gasteiger partial charge in [-0.3, -0.25) is 9.48 Å². The Labute approximate surface area is 143 Å². The van der Waals surface area contributed by atoms with Gasteiger partial charge in [0.05, 0.1) is 17.8 Å². The molecule has 6 heteroatoms. The highest BCUT2D eigenvalue weighted by atomic mass is 16.3. The summed E-state index contributed by atoms with van der Waals surface area (Å²) in [5, 5.41) is 15.5. The molecule has 24 heavy (non-hydrogen) atoms. The Kier molecular flexibility index (Phi) is 4.12. The number of aromatic nitrogens is 2. The Morgan fingerprint density at radius 2 is 2.08 bits per heavy atom. The fourth-order valence-corrected chi connectivity index (χ4v) is 4.11. The quantitative estimate of drug-likeness (QED) is 0.887. The molecule has 0 unspecified atom stereocenters. The Morgan fingerprint density at radius 3 is 2.75 bits per heavy atom. The largest absolute Gasteiger partial charge is 0.387 e. The minimum atomic E-state index is -0.754. The van der Waals surface area contributed by atoms with Crippen LogP contribution >= 0.6 is 0 Å². The van der Waals surface area contributed by atoms with Crippen molar-refractivity contribution in [3.63, 3.8) is 0 Å². The van der Waals surface area contributed by atoms with Gasteiger partial charge in [-0.05, 0) is 58.2 Å². The SMILES string of the molecule is CCn1nc(C2CC2)cc1C(=O)N1CC[C@@](O)(CN2CCCC2)C1. The summed E-state index contributed by atoms with van der Waals surface area (Å²) >= 11 is 0. The van der Waals surface area contributed by atoms with E-state index < -0.39 is 5.60 Å². The molecular weight excluding hydrogens is 304 g/mol. The molecule has 2 aliphatic heterocycles. The van der Waals surface area contributed by atoms with Gasteiger partial charge in [-0.1, -0.05) is 0 Å². The average Bonchev–Trinajstić information content (AvgIpc) is 2.99. The number of aryl methyl sites for hydroxylation is 1. The van der Waals surface area contributed by atoms with Gasteiger partial charge in [0.1, 0.15) is 5.69 Å². The fourth-order valence-electron chi connectivity index (χ4n) is 4.11. The number of nitrogens with zero attached hydrogens (tertiary/aromatic N) is 4. The molecule has 3 aliphatic rings. The number of hydrogen-bond acceptors (Lipinski definition) is 4. The van der Waals surface area contributed by atoms with Crippen molar-refractivity contribution in [1.29, 1.82) is 0 Å². The van der Waals surface area contributed by atoms with E-state index in [4.69, 9.17) is 0 Å². The first-order chi connectivity index (χ1) is 11.6. The Balaban J connectivity index is 1.45. The minimum Gasteiger partial charge on any atom is -0.387 e. The lowest BCUT2D eigenvalue weighted by Gasteiger charge is -2.28. The molecule has 0 bridgehead atoms. The maximum atomic E-state index is 12.9. The fraction of sp³-hybridized carbons (Fsp3) is 0.778. The van der Waals surface area contributed by atoms with Crippen LogP contribution in [0.2, 0.25) is 0 Å². The van der Waals surface area contributed by atoms with Crippen molar-refractivity contribution in [2.45, 2.75) is 57.1 Å². The second kappa shape index (κ2) is 6.15. The second-order valence-corrected chi connectivity index (χ2v) is 7.73. The van der Waals surface area contributed by atoms with Gasteiger partial charge in [-0.2, -0.15) is 5.10 Å². The van der Waals surface area contributed by atoms with Crippen molar-refractivity contribution in [2.24, 2.45) is 0 Å². The minimum absolute atomic E-state index is 0.0218. The molecular formula is C18H28N4O2. The zero-order chi connectivity index (χ0) is 16.7. The van der Waals surface area contributed by atoms with Crippen LogP contribution in [0.15, 0.2) is 6.07 Å². The standard InChI is InChI=1S/C18H28N4O2/c1-2-22-16(11-15(19-22)14-5-6-14)17(23)21-10-7-18(24,13-21)12-20-8-3-4-9-20/h11,14,24H,2-10,12-13H2,1H3/t18-/m1/s1. The van der Waals surface area contributed by atoms with E-state index in [0.717, 1.165) is 18.8 Å². The molecule has 3 fully saturated rings. The van der Waals surface area contributed by atoms with Crippen LogP contribution in [0.25, 0.3) is 0 Å². The van der Waals surface area contributed by atoms with Crippen LogP contribution in [-0.4, -0.2) is 68.9 Å². The molecule has 3 heterocycles. The van der Waals surface area contributed by atoms with Crippen LogP contribution < -0.4 is 0 Å². The van der Waals surface area contributed by atoms with Gasteiger partial charge >= 0.3 is 0 Å². The van der Waals surface area contributed by atoms with E-state index in [1.807, 2.05) is 22.6 Å². The van der Waals surface area contributed by atoms with Crippen LogP contribution in [-0.2, 0) is 6.54 Å². The topological polar surface area (TPSA) is 61.6 Å². The summed E-state index contributed by atoms with van der Waals surface area (Å²) in [6.07, 6.45) is 5.49. The summed E-state index contributed by atoms with van der Waals surface area (Å²) in [5.41, 5.74) is 0.993. The number of carbonyl (C=O) groups excluding carboxylic acids is 1. The number of rotatable bonds is 5. The third-order valence-electron chi connectivity index (χ3n) is 5.65.